The third kappa shape index (κ3) is 2.30. The summed E-state index contributed by atoms with van der Waals surface area (Å²) < 4.78 is 6.84. The summed E-state index contributed by atoms with van der Waals surface area (Å²) in [7, 11) is 0. The smallest absolute Gasteiger partial charge is 0.149 e. The number of hydrogen-bond acceptors (Lipinski definition) is 4. The molecule has 18 heavy (non-hydrogen) atoms. The summed E-state index contributed by atoms with van der Waals surface area (Å²) in [4.78, 5) is 10.4. The molecule has 0 atom stereocenters. The maximum atomic E-state index is 5.51. The van der Waals surface area contributed by atoms with Crippen LogP contribution in [0.2, 0.25) is 0 Å². The monoisotopic (exact) mass is 265 g/mol. The number of hydrogen-bond donors (Lipinski definition) is 1. The van der Waals surface area contributed by atoms with E-state index in [-0.39, 0.29) is 0 Å². The van der Waals surface area contributed by atoms with E-state index in [1.807, 2.05) is 0 Å². The molecule has 0 bridgehead atoms. The zero-order valence-electron chi connectivity index (χ0n) is 11.0. The van der Waals surface area contributed by atoms with Crippen molar-refractivity contribution in [2.75, 3.05) is 26.3 Å². The molecule has 98 valence electrons. The first-order valence-electron chi connectivity index (χ1n) is 6.49. The lowest BCUT2D eigenvalue weighted by atomic mass is 10.2. The van der Waals surface area contributed by atoms with Crippen LogP contribution >= 0.6 is 11.3 Å². The molecular formula is C13H19N3OS. The van der Waals surface area contributed by atoms with Gasteiger partial charge in [0.25, 0.3) is 0 Å². The van der Waals surface area contributed by atoms with Crippen LogP contribution in [0.5, 0.6) is 0 Å². The number of fused-ring (bicyclic) bond motifs is 1. The molecule has 0 unspecified atom stereocenters. The molecule has 2 aromatic rings. The van der Waals surface area contributed by atoms with Gasteiger partial charge in [0.2, 0.25) is 0 Å². The summed E-state index contributed by atoms with van der Waals surface area (Å²) in [5.74, 6) is 0. The highest BCUT2D eigenvalue weighted by Crippen LogP contribution is 2.28. The molecular weight excluding hydrogens is 246 g/mol. The molecule has 0 saturated carbocycles. The van der Waals surface area contributed by atoms with Gasteiger partial charge < -0.3 is 9.72 Å². The van der Waals surface area contributed by atoms with Crippen LogP contribution < -0.4 is 0 Å². The minimum absolute atomic E-state index is 0.855. The van der Waals surface area contributed by atoms with Crippen LogP contribution in [0, 0.1) is 13.8 Å². The van der Waals surface area contributed by atoms with Crippen LogP contribution in [0.15, 0.2) is 0 Å². The largest absolute Gasteiger partial charge is 0.380 e. The van der Waals surface area contributed by atoms with Crippen molar-refractivity contribution in [2.24, 2.45) is 0 Å². The molecule has 0 radical (unpaired) electrons. The molecule has 1 fully saturated rings. The van der Waals surface area contributed by atoms with Crippen LogP contribution in [0.3, 0.4) is 0 Å². The summed E-state index contributed by atoms with van der Waals surface area (Å²) in [6.07, 6.45) is 1.13. The van der Waals surface area contributed by atoms with E-state index in [1.54, 1.807) is 11.3 Å². The first-order valence-corrected chi connectivity index (χ1v) is 7.30. The van der Waals surface area contributed by atoms with E-state index in [9.17, 15) is 0 Å². The van der Waals surface area contributed by atoms with Crippen molar-refractivity contribution in [2.45, 2.75) is 26.8 Å². The van der Waals surface area contributed by atoms with Crippen molar-refractivity contribution in [1.29, 1.82) is 0 Å². The highest BCUT2D eigenvalue weighted by atomic mass is 32.1. The SMILES string of the molecule is Cc1nc2[nH]c(C)c(CN3CCCOCC3)c2s1. The maximum absolute atomic E-state index is 5.51. The van der Waals surface area contributed by atoms with Crippen LogP contribution in [0.1, 0.15) is 22.7 Å². The number of aromatic nitrogens is 2. The predicted molar refractivity (Wildman–Crippen MR) is 74.2 cm³/mol. The second-order valence-electron chi connectivity index (χ2n) is 4.88. The fraction of sp³-hybridized carbons (Fsp3) is 0.615. The van der Waals surface area contributed by atoms with E-state index in [0.717, 1.165) is 49.9 Å². The lowest BCUT2D eigenvalue weighted by molar-refractivity contribution is 0.140. The molecule has 5 heteroatoms. The Balaban J connectivity index is 1.86. The normalized spacial score (nSPS) is 18.3. The lowest BCUT2D eigenvalue weighted by Gasteiger charge is -2.18. The molecule has 0 aliphatic carbocycles. The van der Waals surface area contributed by atoms with Gasteiger partial charge in [-0.1, -0.05) is 0 Å². The topological polar surface area (TPSA) is 41.2 Å². The van der Waals surface area contributed by atoms with Crippen LogP contribution in [-0.4, -0.2) is 41.2 Å². The minimum atomic E-state index is 0.855. The number of nitrogens with one attached hydrogen (secondary N) is 1. The van der Waals surface area contributed by atoms with Crippen molar-refractivity contribution in [3.05, 3.63) is 16.3 Å². The number of rotatable bonds is 2. The highest BCUT2D eigenvalue weighted by molar-refractivity contribution is 7.18. The molecule has 3 heterocycles. The van der Waals surface area contributed by atoms with Gasteiger partial charge in [-0.25, -0.2) is 4.98 Å². The summed E-state index contributed by atoms with van der Waals surface area (Å²) in [5.41, 5.74) is 3.72. The van der Waals surface area contributed by atoms with Gasteiger partial charge in [-0.05, 0) is 20.3 Å². The molecule has 0 aromatic carbocycles. The van der Waals surface area contributed by atoms with Gasteiger partial charge in [0, 0.05) is 37.5 Å². The molecule has 1 N–H and O–H groups in total. The van der Waals surface area contributed by atoms with Crippen molar-refractivity contribution in [3.8, 4) is 0 Å². The second kappa shape index (κ2) is 4.99. The Morgan fingerprint density at radius 3 is 3.11 bits per heavy atom. The van der Waals surface area contributed by atoms with Crippen LogP contribution in [-0.2, 0) is 11.3 Å². The van der Waals surface area contributed by atoms with Crippen molar-refractivity contribution in [1.82, 2.24) is 14.9 Å². The van der Waals surface area contributed by atoms with E-state index < -0.39 is 0 Å². The Morgan fingerprint density at radius 1 is 1.33 bits per heavy atom. The van der Waals surface area contributed by atoms with E-state index in [1.165, 1.54) is 16.0 Å². The quantitative estimate of drug-likeness (QED) is 0.907. The van der Waals surface area contributed by atoms with Crippen molar-refractivity contribution < 1.29 is 4.74 Å². The Morgan fingerprint density at radius 2 is 2.22 bits per heavy atom. The lowest BCUT2D eigenvalue weighted by Crippen LogP contribution is -2.25. The molecule has 0 spiro atoms. The van der Waals surface area contributed by atoms with Gasteiger partial charge in [-0.3, -0.25) is 4.90 Å². The number of ether oxygens (including phenoxy) is 1. The van der Waals surface area contributed by atoms with Gasteiger partial charge in [0.1, 0.15) is 5.65 Å². The number of aryl methyl sites for hydroxylation is 2. The molecule has 0 amide bonds. The van der Waals surface area contributed by atoms with E-state index in [2.05, 4.69) is 28.7 Å². The van der Waals surface area contributed by atoms with Gasteiger partial charge in [-0.15, -0.1) is 11.3 Å². The van der Waals surface area contributed by atoms with E-state index in [4.69, 9.17) is 4.74 Å². The number of H-pyrrole nitrogens is 1. The third-order valence-electron chi connectivity index (χ3n) is 3.46. The molecule has 1 saturated heterocycles. The highest BCUT2D eigenvalue weighted by Gasteiger charge is 2.16. The fourth-order valence-electron chi connectivity index (χ4n) is 2.51. The summed E-state index contributed by atoms with van der Waals surface area (Å²) in [6, 6.07) is 0. The Bertz CT molecular complexity index is 538. The average Bonchev–Trinajstić information content (AvgIpc) is 2.71. The van der Waals surface area contributed by atoms with Gasteiger partial charge in [-0.2, -0.15) is 0 Å². The molecule has 2 aromatic heterocycles. The maximum Gasteiger partial charge on any atom is 0.149 e. The van der Waals surface area contributed by atoms with E-state index >= 15 is 0 Å². The Hall–Kier alpha value is -0.910. The Labute approximate surface area is 111 Å². The molecule has 3 rings (SSSR count). The van der Waals surface area contributed by atoms with Crippen LogP contribution in [0.25, 0.3) is 10.3 Å². The first-order chi connectivity index (χ1) is 8.74. The standard InChI is InChI=1S/C13H19N3OS/c1-9-11(8-16-4-3-6-17-7-5-16)12-13(14-9)15-10(2)18-12/h14H,3-8H2,1-2H3. The molecule has 1 aliphatic rings. The summed E-state index contributed by atoms with van der Waals surface area (Å²) in [6.45, 7) is 9.14. The third-order valence-corrected chi connectivity index (χ3v) is 4.49. The summed E-state index contributed by atoms with van der Waals surface area (Å²) in [5, 5.41) is 1.14. The van der Waals surface area contributed by atoms with Crippen molar-refractivity contribution in [3.63, 3.8) is 0 Å². The average molecular weight is 265 g/mol. The predicted octanol–water partition coefficient (Wildman–Crippen LogP) is 2.46. The molecule has 4 nitrogen and oxygen atoms in total. The zero-order chi connectivity index (χ0) is 12.5. The summed E-state index contributed by atoms with van der Waals surface area (Å²) >= 11 is 1.79. The van der Waals surface area contributed by atoms with Crippen LogP contribution in [0.4, 0.5) is 0 Å². The molecule has 1 aliphatic heterocycles. The second-order valence-corrected chi connectivity index (χ2v) is 6.08. The van der Waals surface area contributed by atoms with Gasteiger partial charge >= 0.3 is 0 Å². The van der Waals surface area contributed by atoms with Crippen molar-refractivity contribution >= 4 is 21.7 Å². The van der Waals surface area contributed by atoms with E-state index in [0.29, 0.717) is 0 Å². The number of thiazole rings is 1. The first kappa shape index (κ1) is 12.1. The van der Waals surface area contributed by atoms with Gasteiger partial charge in [0.15, 0.2) is 0 Å². The number of nitrogens with zero attached hydrogens (tertiary/aromatic N) is 2. The zero-order valence-corrected chi connectivity index (χ0v) is 11.8. The number of aromatic amines is 1. The minimum Gasteiger partial charge on any atom is -0.380 e. The Kier molecular flexibility index (Phi) is 3.37. The fourth-order valence-corrected chi connectivity index (χ4v) is 3.48. The van der Waals surface area contributed by atoms with Gasteiger partial charge in [0.05, 0.1) is 16.3 Å².